The molecule has 1 N–H and O–H groups in total. The Bertz CT molecular complexity index is 847. The lowest BCUT2D eigenvalue weighted by Crippen LogP contribution is -2.03. The third kappa shape index (κ3) is 2.50. The lowest BCUT2D eigenvalue weighted by molar-refractivity contribution is 0.101. The predicted molar refractivity (Wildman–Crippen MR) is 87.5 cm³/mol. The van der Waals surface area contributed by atoms with Crippen molar-refractivity contribution in [3.8, 4) is 11.3 Å². The van der Waals surface area contributed by atoms with E-state index in [1.165, 1.54) is 12.8 Å². The fourth-order valence-electron chi connectivity index (χ4n) is 2.41. The molecule has 0 bridgehead atoms. The largest absolute Gasteiger partial charge is 0.360 e. The number of nitrogens with zero attached hydrogens (tertiary/aromatic N) is 3. The molecule has 1 saturated carbocycles. The van der Waals surface area contributed by atoms with E-state index in [2.05, 4.69) is 15.4 Å². The van der Waals surface area contributed by atoms with Gasteiger partial charge in [0.1, 0.15) is 0 Å². The lowest BCUT2D eigenvalue weighted by atomic mass is 10.1. The number of anilines is 1. The Morgan fingerprint density at radius 2 is 2.32 bits per heavy atom. The number of ketones is 1. The first-order valence-electron chi connectivity index (χ1n) is 7.40. The summed E-state index contributed by atoms with van der Waals surface area (Å²) in [7, 11) is 0. The van der Waals surface area contributed by atoms with Crippen LogP contribution in [0.2, 0.25) is 0 Å². The van der Waals surface area contributed by atoms with Crippen LogP contribution in [-0.4, -0.2) is 26.9 Å². The van der Waals surface area contributed by atoms with Crippen LogP contribution >= 0.6 is 11.3 Å². The summed E-state index contributed by atoms with van der Waals surface area (Å²) in [6, 6.07) is 7.59. The van der Waals surface area contributed by atoms with Gasteiger partial charge < -0.3 is 5.32 Å². The second-order valence-electron chi connectivity index (χ2n) is 5.71. The number of imidazole rings is 1. The molecule has 1 fully saturated rings. The monoisotopic (exact) mass is 312 g/mol. The number of carbonyl (C=O) groups excluding carboxylic acids is 1. The number of fused-ring (bicyclic) bond motifs is 1. The van der Waals surface area contributed by atoms with Crippen LogP contribution in [0.25, 0.3) is 16.2 Å². The number of aromatic nitrogens is 3. The van der Waals surface area contributed by atoms with Gasteiger partial charge >= 0.3 is 0 Å². The molecule has 4 rings (SSSR count). The van der Waals surface area contributed by atoms with Gasteiger partial charge in [-0.2, -0.15) is 0 Å². The van der Waals surface area contributed by atoms with Crippen LogP contribution in [-0.2, 0) is 0 Å². The number of Topliss-reactive ketones (excluding diaryl/α,β-unsaturated/α-hetero) is 1. The van der Waals surface area contributed by atoms with E-state index < -0.39 is 0 Å². The van der Waals surface area contributed by atoms with Gasteiger partial charge in [-0.3, -0.25) is 4.79 Å². The zero-order valence-electron chi connectivity index (χ0n) is 12.2. The summed E-state index contributed by atoms with van der Waals surface area (Å²) in [5, 5.41) is 8.88. The highest BCUT2D eigenvalue weighted by Crippen LogP contribution is 2.30. The van der Waals surface area contributed by atoms with E-state index in [-0.39, 0.29) is 5.78 Å². The molecule has 6 heteroatoms. The van der Waals surface area contributed by atoms with Crippen LogP contribution in [0.4, 0.5) is 5.13 Å². The SMILES string of the molecule is CC(=O)c1cccc(-c2cnc3sc(NCC4CC4)nn23)c1. The van der Waals surface area contributed by atoms with Gasteiger partial charge in [0.25, 0.3) is 0 Å². The summed E-state index contributed by atoms with van der Waals surface area (Å²) in [4.78, 5) is 16.8. The number of benzene rings is 1. The van der Waals surface area contributed by atoms with Crippen molar-refractivity contribution in [3.63, 3.8) is 0 Å². The molecule has 2 aromatic heterocycles. The first-order chi connectivity index (χ1) is 10.7. The number of hydrogen-bond acceptors (Lipinski definition) is 5. The third-order valence-electron chi connectivity index (χ3n) is 3.89. The minimum atomic E-state index is 0.0627. The van der Waals surface area contributed by atoms with Crippen molar-refractivity contribution in [2.45, 2.75) is 19.8 Å². The molecular weight excluding hydrogens is 296 g/mol. The summed E-state index contributed by atoms with van der Waals surface area (Å²) >= 11 is 1.56. The van der Waals surface area contributed by atoms with Crippen LogP contribution < -0.4 is 5.32 Å². The molecule has 112 valence electrons. The van der Waals surface area contributed by atoms with Crippen molar-refractivity contribution in [1.29, 1.82) is 0 Å². The molecule has 1 aromatic carbocycles. The van der Waals surface area contributed by atoms with Crippen molar-refractivity contribution >= 4 is 27.2 Å². The highest BCUT2D eigenvalue weighted by atomic mass is 32.1. The van der Waals surface area contributed by atoms with Crippen molar-refractivity contribution in [1.82, 2.24) is 14.6 Å². The summed E-state index contributed by atoms with van der Waals surface area (Å²) in [5.74, 6) is 0.871. The van der Waals surface area contributed by atoms with Crippen molar-refractivity contribution in [3.05, 3.63) is 36.0 Å². The van der Waals surface area contributed by atoms with E-state index in [4.69, 9.17) is 0 Å². The molecule has 22 heavy (non-hydrogen) atoms. The van der Waals surface area contributed by atoms with Crippen molar-refractivity contribution < 1.29 is 4.79 Å². The highest BCUT2D eigenvalue weighted by Gasteiger charge is 2.21. The molecule has 2 heterocycles. The molecule has 5 nitrogen and oxygen atoms in total. The van der Waals surface area contributed by atoms with E-state index in [0.29, 0.717) is 5.56 Å². The van der Waals surface area contributed by atoms with Gasteiger partial charge in [-0.15, -0.1) is 5.10 Å². The maximum absolute atomic E-state index is 11.5. The molecule has 1 aliphatic carbocycles. The Kier molecular flexibility index (Phi) is 3.18. The van der Waals surface area contributed by atoms with Gasteiger partial charge in [0, 0.05) is 17.7 Å². The van der Waals surface area contributed by atoms with Crippen LogP contribution in [0, 0.1) is 5.92 Å². The van der Waals surface area contributed by atoms with Gasteiger partial charge in [0.15, 0.2) is 5.78 Å². The smallest absolute Gasteiger partial charge is 0.214 e. The van der Waals surface area contributed by atoms with Crippen molar-refractivity contribution in [2.75, 3.05) is 11.9 Å². The predicted octanol–water partition coefficient (Wildman–Crippen LogP) is 3.48. The second kappa shape index (κ2) is 5.21. The summed E-state index contributed by atoms with van der Waals surface area (Å²) in [6.07, 6.45) is 4.44. The average Bonchev–Trinajstić information content (AvgIpc) is 3.13. The van der Waals surface area contributed by atoms with Crippen LogP contribution in [0.3, 0.4) is 0 Å². The Morgan fingerprint density at radius 1 is 1.45 bits per heavy atom. The Labute approximate surface area is 132 Å². The first-order valence-corrected chi connectivity index (χ1v) is 8.22. The minimum Gasteiger partial charge on any atom is -0.360 e. The fraction of sp³-hybridized carbons (Fsp3) is 0.312. The minimum absolute atomic E-state index is 0.0627. The van der Waals surface area contributed by atoms with E-state index >= 15 is 0 Å². The van der Waals surface area contributed by atoms with Gasteiger partial charge in [-0.25, -0.2) is 9.50 Å². The molecule has 0 saturated heterocycles. The highest BCUT2D eigenvalue weighted by molar-refractivity contribution is 7.20. The van der Waals surface area contributed by atoms with Crippen LogP contribution in [0.15, 0.2) is 30.5 Å². The first kappa shape index (κ1) is 13.5. The summed E-state index contributed by atoms with van der Waals surface area (Å²) < 4.78 is 1.85. The molecule has 0 spiro atoms. The molecule has 3 aromatic rings. The zero-order chi connectivity index (χ0) is 15.1. The number of hydrogen-bond donors (Lipinski definition) is 1. The number of nitrogens with one attached hydrogen (secondary N) is 1. The molecule has 1 aliphatic rings. The standard InChI is InChI=1S/C16H16N4OS/c1-10(21)12-3-2-4-13(7-12)14-9-18-16-20(14)19-15(22-16)17-8-11-5-6-11/h2-4,7,9,11H,5-6,8H2,1H3,(H,17,19). The van der Waals surface area contributed by atoms with Crippen molar-refractivity contribution in [2.24, 2.45) is 5.92 Å². The molecule has 0 unspecified atom stereocenters. The van der Waals surface area contributed by atoms with Crippen LogP contribution in [0.1, 0.15) is 30.1 Å². The molecule has 0 amide bonds. The van der Waals surface area contributed by atoms with E-state index in [0.717, 1.165) is 33.8 Å². The fourth-order valence-corrected chi connectivity index (χ4v) is 3.19. The Morgan fingerprint density at radius 3 is 3.09 bits per heavy atom. The Balaban J connectivity index is 1.68. The number of carbonyl (C=O) groups is 1. The van der Waals surface area contributed by atoms with Gasteiger partial charge in [-0.1, -0.05) is 29.5 Å². The maximum Gasteiger partial charge on any atom is 0.214 e. The average molecular weight is 312 g/mol. The van der Waals surface area contributed by atoms with E-state index in [1.807, 2.05) is 35.0 Å². The zero-order valence-corrected chi connectivity index (χ0v) is 13.1. The third-order valence-corrected chi connectivity index (χ3v) is 4.77. The molecular formula is C16H16N4OS. The quantitative estimate of drug-likeness (QED) is 0.733. The second-order valence-corrected chi connectivity index (χ2v) is 6.66. The van der Waals surface area contributed by atoms with Gasteiger partial charge in [-0.05, 0) is 31.7 Å². The Hall–Kier alpha value is -2.21. The van der Waals surface area contributed by atoms with E-state index in [9.17, 15) is 4.79 Å². The lowest BCUT2D eigenvalue weighted by Gasteiger charge is -2.01. The van der Waals surface area contributed by atoms with Gasteiger partial charge in [0.2, 0.25) is 10.1 Å². The van der Waals surface area contributed by atoms with E-state index in [1.54, 1.807) is 18.3 Å². The summed E-state index contributed by atoms with van der Waals surface area (Å²) in [6.45, 7) is 2.57. The molecule has 0 atom stereocenters. The van der Waals surface area contributed by atoms with Crippen LogP contribution in [0.5, 0.6) is 0 Å². The molecule has 0 aliphatic heterocycles. The normalized spacial score (nSPS) is 14.4. The summed E-state index contributed by atoms with van der Waals surface area (Å²) in [5.41, 5.74) is 2.57. The number of rotatable bonds is 5. The van der Waals surface area contributed by atoms with Gasteiger partial charge in [0.05, 0.1) is 11.9 Å². The molecule has 0 radical (unpaired) electrons. The topological polar surface area (TPSA) is 59.3 Å². The maximum atomic E-state index is 11.5.